The number of pyridine rings is 1. The number of methoxy groups -OCH3 is 1. The summed E-state index contributed by atoms with van der Waals surface area (Å²) < 4.78 is 22.2. The van der Waals surface area contributed by atoms with Crippen molar-refractivity contribution < 1.29 is 13.9 Å². The molecule has 3 heterocycles. The summed E-state index contributed by atoms with van der Waals surface area (Å²) in [6, 6.07) is 16.1. The van der Waals surface area contributed by atoms with Crippen molar-refractivity contribution in [3.05, 3.63) is 84.2 Å². The van der Waals surface area contributed by atoms with Gasteiger partial charge < -0.3 is 4.74 Å². The molecule has 0 saturated carbocycles. The molecule has 0 spiro atoms. The Labute approximate surface area is 200 Å². The first-order valence-corrected chi connectivity index (χ1v) is 10.9. The van der Waals surface area contributed by atoms with E-state index < -0.39 is 0 Å². The van der Waals surface area contributed by atoms with Gasteiger partial charge in [-0.15, -0.1) is 5.10 Å². The molecule has 0 fully saturated rings. The molecule has 0 aliphatic heterocycles. The Morgan fingerprint density at radius 3 is 2.63 bits per heavy atom. The Balaban J connectivity index is 1.33. The second kappa shape index (κ2) is 9.34. The second-order valence-corrected chi connectivity index (χ2v) is 7.93. The van der Waals surface area contributed by atoms with E-state index in [-0.39, 0.29) is 30.8 Å². The molecular weight excluding hydrogens is 449 g/mol. The molecule has 5 aromatic rings. The standard InChI is InChI=1S/C25H22FN7O2/c1-16-23-20(17-7-9-19(35-2)10-8-17)11-12-27-24(23)33(30-16)14-22(34)29-25-28-15-32(31-25)13-18-5-3-4-6-21(18)26/h3-12,15H,13-14H2,1-2H3,(H,29,31,34). The van der Waals surface area contributed by atoms with Crippen LogP contribution in [-0.4, -0.2) is 42.5 Å². The molecule has 0 aliphatic carbocycles. The van der Waals surface area contributed by atoms with Crippen LogP contribution in [-0.2, 0) is 17.9 Å². The lowest BCUT2D eigenvalue weighted by Crippen LogP contribution is -2.20. The quantitative estimate of drug-likeness (QED) is 0.387. The number of aromatic nitrogens is 6. The number of ether oxygens (including phenoxy) is 1. The molecule has 0 aliphatic rings. The monoisotopic (exact) mass is 471 g/mol. The van der Waals surface area contributed by atoms with E-state index in [0.717, 1.165) is 28.0 Å². The van der Waals surface area contributed by atoms with Crippen LogP contribution < -0.4 is 10.1 Å². The molecule has 0 saturated heterocycles. The third kappa shape index (κ3) is 4.58. The Morgan fingerprint density at radius 2 is 1.86 bits per heavy atom. The van der Waals surface area contributed by atoms with Crippen LogP contribution in [0, 0.1) is 12.7 Å². The smallest absolute Gasteiger partial charge is 0.248 e. The summed E-state index contributed by atoms with van der Waals surface area (Å²) in [5.74, 6) is 0.227. The summed E-state index contributed by atoms with van der Waals surface area (Å²) >= 11 is 0. The first-order chi connectivity index (χ1) is 17.0. The fourth-order valence-electron chi connectivity index (χ4n) is 3.93. The molecule has 176 valence electrons. The molecule has 2 aromatic carbocycles. The van der Waals surface area contributed by atoms with Crippen molar-refractivity contribution in [3.63, 3.8) is 0 Å². The molecule has 9 nitrogen and oxygen atoms in total. The number of nitrogens with one attached hydrogen (secondary N) is 1. The number of benzene rings is 2. The highest BCUT2D eigenvalue weighted by Gasteiger charge is 2.17. The van der Waals surface area contributed by atoms with Crippen LogP contribution in [0.1, 0.15) is 11.3 Å². The van der Waals surface area contributed by atoms with Crippen molar-refractivity contribution in [2.24, 2.45) is 0 Å². The average Bonchev–Trinajstić information content (AvgIpc) is 3.44. The lowest BCUT2D eigenvalue weighted by molar-refractivity contribution is -0.116. The van der Waals surface area contributed by atoms with Gasteiger partial charge in [0.1, 0.15) is 24.4 Å². The zero-order valence-electron chi connectivity index (χ0n) is 19.1. The minimum Gasteiger partial charge on any atom is -0.497 e. The molecule has 1 N–H and O–H groups in total. The highest BCUT2D eigenvalue weighted by molar-refractivity contribution is 5.96. The normalized spacial score (nSPS) is 11.1. The van der Waals surface area contributed by atoms with Crippen molar-refractivity contribution in [2.45, 2.75) is 20.0 Å². The number of halogens is 1. The van der Waals surface area contributed by atoms with E-state index in [9.17, 15) is 9.18 Å². The van der Waals surface area contributed by atoms with Gasteiger partial charge in [0.2, 0.25) is 11.9 Å². The number of carbonyl (C=O) groups is 1. The van der Waals surface area contributed by atoms with Gasteiger partial charge in [0, 0.05) is 17.1 Å². The van der Waals surface area contributed by atoms with E-state index in [4.69, 9.17) is 4.74 Å². The summed E-state index contributed by atoms with van der Waals surface area (Å²) in [6.45, 7) is 2.03. The molecule has 3 aromatic heterocycles. The van der Waals surface area contributed by atoms with E-state index in [1.807, 2.05) is 37.3 Å². The third-order valence-corrected chi connectivity index (χ3v) is 5.58. The van der Waals surface area contributed by atoms with Crippen molar-refractivity contribution >= 4 is 22.9 Å². The lowest BCUT2D eigenvalue weighted by Gasteiger charge is -2.06. The van der Waals surface area contributed by atoms with Gasteiger partial charge in [0.25, 0.3) is 0 Å². The van der Waals surface area contributed by atoms with Gasteiger partial charge >= 0.3 is 0 Å². The fourth-order valence-corrected chi connectivity index (χ4v) is 3.93. The number of carbonyl (C=O) groups excluding carboxylic acids is 1. The lowest BCUT2D eigenvalue weighted by atomic mass is 10.0. The molecular formula is C25H22FN7O2. The molecule has 0 radical (unpaired) electrons. The number of nitrogens with zero attached hydrogens (tertiary/aromatic N) is 6. The van der Waals surface area contributed by atoms with Crippen LogP contribution in [0.5, 0.6) is 5.75 Å². The topological polar surface area (TPSA) is 99.8 Å². The maximum Gasteiger partial charge on any atom is 0.248 e. The van der Waals surface area contributed by atoms with Gasteiger partial charge in [0.05, 0.1) is 19.3 Å². The first-order valence-electron chi connectivity index (χ1n) is 10.9. The van der Waals surface area contributed by atoms with Gasteiger partial charge in [-0.25, -0.2) is 23.7 Å². The van der Waals surface area contributed by atoms with E-state index in [1.54, 1.807) is 36.2 Å². The third-order valence-electron chi connectivity index (χ3n) is 5.58. The fraction of sp³-hybridized carbons (Fsp3) is 0.160. The molecule has 0 atom stereocenters. The van der Waals surface area contributed by atoms with E-state index in [1.165, 1.54) is 17.1 Å². The average molecular weight is 471 g/mol. The van der Waals surface area contributed by atoms with Gasteiger partial charge in [-0.3, -0.25) is 10.1 Å². The van der Waals surface area contributed by atoms with Crippen molar-refractivity contribution in [3.8, 4) is 16.9 Å². The highest BCUT2D eigenvalue weighted by Crippen LogP contribution is 2.30. The van der Waals surface area contributed by atoms with Crippen molar-refractivity contribution in [1.29, 1.82) is 0 Å². The summed E-state index contributed by atoms with van der Waals surface area (Å²) in [7, 11) is 1.63. The zero-order valence-corrected chi connectivity index (χ0v) is 19.1. The SMILES string of the molecule is COc1ccc(-c2ccnc3c2c(C)nn3CC(=O)Nc2ncn(Cc3ccccc3F)n2)cc1. The predicted octanol–water partition coefficient (Wildman–Crippen LogP) is 3.83. The van der Waals surface area contributed by atoms with E-state index in [0.29, 0.717) is 11.2 Å². The van der Waals surface area contributed by atoms with Gasteiger partial charge in [-0.2, -0.15) is 5.10 Å². The predicted molar refractivity (Wildman–Crippen MR) is 128 cm³/mol. The van der Waals surface area contributed by atoms with E-state index in [2.05, 4.69) is 25.5 Å². The Kier molecular flexibility index (Phi) is 5.92. The molecule has 5 rings (SSSR count). The number of hydrogen-bond donors (Lipinski definition) is 1. The first kappa shape index (κ1) is 22.2. The zero-order chi connectivity index (χ0) is 24.4. The van der Waals surface area contributed by atoms with Crippen LogP contribution in [0.25, 0.3) is 22.2 Å². The number of amides is 1. The number of anilines is 1. The Morgan fingerprint density at radius 1 is 1.06 bits per heavy atom. The summed E-state index contributed by atoms with van der Waals surface area (Å²) in [4.78, 5) is 21.3. The number of fused-ring (bicyclic) bond motifs is 1. The molecule has 1 amide bonds. The largest absolute Gasteiger partial charge is 0.497 e. The molecule has 10 heteroatoms. The van der Waals surface area contributed by atoms with Crippen LogP contribution >= 0.6 is 0 Å². The summed E-state index contributed by atoms with van der Waals surface area (Å²) in [6.07, 6.45) is 3.14. The number of rotatable bonds is 7. The van der Waals surface area contributed by atoms with Crippen LogP contribution in [0.2, 0.25) is 0 Å². The molecule has 35 heavy (non-hydrogen) atoms. The van der Waals surface area contributed by atoms with Crippen LogP contribution in [0.3, 0.4) is 0 Å². The summed E-state index contributed by atoms with van der Waals surface area (Å²) in [5.41, 5.74) is 3.81. The summed E-state index contributed by atoms with van der Waals surface area (Å²) in [5, 5.41) is 12.3. The van der Waals surface area contributed by atoms with Gasteiger partial charge in [-0.05, 0) is 42.3 Å². The van der Waals surface area contributed by atoms with Gasteiger partial charge in [0.15, 0.2) is 5.65 Å². The number of hydrogen-bond acceptors (Lipinski definition) is 6. The minimum absolute atomic E-state index is 0.0642. The Hall–Kier alpha value is -4.60. The second-order valence-electron chi connectivity index (χ2n) is 7.93. The minimum atomic E-state index is -0.352. The van der Waals surface area contributed by atoms with E-state index >= 15 is 0 Å². The maximum absolute atomic E-state index is 13.9. The van der Waals surface area contributed by atoms with Crippen LogP contribution in [0.15, 0.2) is 67.1 Å². The molecule has 0 bridgehead atoms. The maximum atomic E-state index is 13.9. The molecule has 0 unspecified atom stereocenters. The van der Waals surface area contributed by atoms with Gasteiger partial charge in [-0.1, -0.05) is 30.3 Å². The van der Waals surface area contributed by atoms with Crippen molar-refractivity contribution in [2.75, 3.05) is 12.4 Å². The highest BCUT2D eigenvalue weighted by atomic mass is 19.1. The van der Waals surface area contributed by atoms with Crippen LogP contribution in [0.4, 0.5) is 10.3 Å². The van der Waals surface area contributed by atoms with Crippen molar-refractivity contribution in [1.82, 2.24) is 29.5 Å². The number of aryl methyl sites for hydroxylation is 1. The Bertz CT molecular complexity index is 1510.